The molecule has 0 spiro atoms. The fraction of sp³-hybridized carbons (Fsp3) is 0.500. The first-order chi connectivity index (χ1) is 10.4. The van der Waals surface area contributed by atoms with Crippen molar-refractivity contribution in [3.63, 3.8) is 0 Å². The van der Waals surface area contributed by atoms with Gasteiger partial charge in [-0.2, -0.15) is 0 Å². The molecular formula is C14H19Cl2N3O3. The molecule has 0 fully saturated rings. The number of pyridine rings is 1. The van der Waals surface area contributed by atoms with Gasteiger partial charge in [-0.15, -0.1) is 0 Å². The summed E-state index contributed by atoms with van der Waals surface area (Å²) in [4.78, 5) is 27.0. The molecule has 1 amide bonds. The highest BCUT2D eigenvalue weighted by molar-refractivity contribution is 6.32. The molecule has 1 aromatic heterocycles. The summed E-state index contributed by atoms with van der Waals surface area (Å²) in [6.07, 6.45) is 1.98. The zero-order valence-corrected chi connectivity index (χ0v) is 13.8. The van der Waals surface area contributed by atoms with Crippen LogP contribution in [0, 0.1) is 0 Å². The molecule has 3 N–H and O–H groups in total. The Morgan fingerprint density at radius 2 is 1.95 bits per heavy atom. The molecule has 1 atom stereocenters. The number of hydrogen-bond acceptors (Lipinski definition) is 5. The summed E-state index contributed by atoms with van der Waals surface area (Å²) in [5, 5.41) is 3.02. The molecule has 0 aromatic carbocycles. The monoisotopic (exact) mass is 347 g/mol. The molecule has 0 bridgehead atoms. The summed E-state index contributed by atoms with van der Waals surface area (Å²) in [6, 6.07) is 2.43. The molecule has 0 aliphatic heterocycles. The Morgan fingerprint density at radius 3 is 2.50 bits per heavy atom. The first-order valence-corrected chi connectivity index (χ1v) is 7.63. The van der Waals surface area contributed by atoms with E-state index in [-0.39, 0.29) is 22.8 Å². The number of unbranched alkanes of at least 4 members (excludes halogenated alkanes) is 1. The van der Waals surface area contributed by atoms with Crippen LogP contribution in [-0.4, -0.2) is 29.4 Å². The van der Waals surface area contributed by atoms with Crippen LogP contribution < -0.4 is 11.1 Å². The number of amides is 1. The van der Waals surface area contributed by atoms with Crippen LogP contribution in [0.4, 0.5) is 0 Å². The lowest BCUT2D eigenvalue weighted by atomic mass is 10.1. The third kappa shape index (κ3) is 7.06. The smallest absolute Gasteiger partial charge is 0.328 e. The van der Waals surface area contributed by atoms with Crippen LogP contribution in [0.15, 0.2) is 12.1 Å². The van der Waals surface area contributed by atoms with E-state index in [9.17, 15) is 9.59 Å². The predicted molar refractivity (Wildman–Crippen MR) is 84.6 cm³/mol. The van der Waals surface area contributed by atoms with Crippen LogP contribution in [-0.2, 0) is 20.9 Å². The van der Waals surface area contributed by atoms with Crippen molar-refractivity contribution in [3.8, 4) is 0 Å². The average Bonchev–Trinajstić information content (AvgIpc) is 2.42. The lowest BCUT2D eigenvalue weighted by molar-refractivity contribution is -0.149. The summed E-state index contributed by atoms with van der Waals surface area (Å²) in [6.45, 7) is 1.90. The SMILES string of the molecule is CC(=O)N[C@@H](CCCCN)C(=O)OCc1cc(Cl)nc(Cl)c1. The summed E-state index contributed by atoms with van der Waals surface area (Å²) in [7, 11) is 0. The van der Waals surface area contributed by atoms with E-state index >= 15 is 0 Å². The first kappa shape index (κ1) is 18.7. The Kier molecular flexibility index (Phi) is 8.16. The Balaban J connectivity index is 2.59. The number of carbonyl (C=O) groups is 2. The van der Waals surface area contributed by atoms with Crippen molar-refractivity contribution in [1.82, 2.24) is 10.3 Å². The second-order valence-electron chi connectivity index (χ2n) is 4.77. The molecule has 0 radical (unpaired) electrons. The van der Waals surface area contributed by atoms with Gasteiger partial charge in [0.1, 0.15) is 23.0 Å². The van der Waals surface area contributed by atoms with Crippen molar-refractivity contribution in [2.75, 3.05) is 6.54 Å². The molecule has 0 aliphatic rings. The van der Waals surface area contributed by atoms with Crippen LogP contribution in [0.25, 0.3) is 0 Å². The van der Waals surface area contributed by atoms with Crippen LogP contribution in [0.2, 0.25) is 10.3 Å². The normalized spacial score (nSPS) is 11.8. The Bertz CT molecular complexity index is 506. The van der Waals surface area contributed by atoms with Gasteiger partial charge in [0, 0.05) is 6.92 Å². The van der Waals surface area contributed by atoms with Crippen molar-refractivity contribution in [1.29, 1.82) is 0 Å². The second-order valence-corrected chi connectivity index (χ2v) is 5.54. The Hall–Kier alpha value is -1.37. The van der Waals surface area contributed by atoms with Crippen LogP contribution >= 0.6 is 23.2 Å². The molecule has 122 valence electrons. The minimum absolute atomic E-state index is 0.00771. The molecular weight excluding hydrogens is 329 g/mol. The van der Waals surface area contributed by atoms with E-state index in [1.165, 1.54) is 6.92 Å². The summed E-state index contributed by atoms with van der Waals surface area (Å²) in [5.41, 5.74) is 6.05. The van der Waals surface area contributed by atoms with Gasteiger partial charge >= 0.3 is 5.97 Å². The van der Waals surface area contributed by atoms with Crippen molar-refractivity contribution in [3.05, 3.63) is 28.0 Å². The van der Waals surface area contributed by atoms with Gasteiger partial charge in [0.25, 0.3) is 0 Å². The van der Waals surface area contributed by atoms with Crippen LogP contribution in [0.3, 0.4) is 0 Å². The van der Waals surface area contributed by atoms with E-state index < -0.39 is 12.0 Å². The number of nitrogens with two attached hydrogens (primary N) is 1. The zero-order chi connectivity index (χ0) is 16.5. The third-order valence-corrected chi connectivity index (χ3v) is 3.20. The molecule has 1 heterocycles. The average molecular weight is 348 g/mol. The van der Waals surface area contributed by atoms with Crippen molar-refractivity contribution < 1.29 is 14.3 Å². The van der Waals surface area contributed by atoms with Gasteiger partial charge < -0.3 is 15.8 Å². The quantitative estimate of drug-likeness (QED) is 0.426. The van der Waals surface area contributed by atoms with E-state index in [0.717, 1.165) is 12.8 Å². The van der Waals surface area contributed by atoms with Gasteiger partial charge in [0.15, 0.2) is 0 Å². The second kappa shape index (κ2) is 9.61. The van der Waals surface area contributed by atoms with Crippen LogP contribution in [0.1, 0.15) is 31.7 Å². The summed E-state index contributed by atoms with van der Waals surface area (Å²) >= 11 is 11.6. The van der Waals surface area contributed by atoms with Crippen molar-refractivity contribution >= 4 is 35.1 Å². The Labute approximate surface area is 139 Å². The highest BCUT2D eigenvalue weighted by Crippen LogP contribution is 2.15. The molecule has 6 nitrogen and oxygen atoms in total. The summed E-state index contributed by atoms with van der Waals surface area (Å²) < 4.78 is 5.20. The molecule has 0 saturated heterocycles. The van der Waals surface area contributed by atoms with Gasteiger partial charge in [0.05, 0.1) is 0 Å². The molecule has 1 rings (SSSR count). The molecule has 1 aromatic rings. The number of nitrogens with zero attached hydrogens (tertiary/aromatic N) is 1. The molecule has 22 heavy (non-hydrogen) atoms. The minimum atomic E-state index is -0.683. The maximum absolute atomic E-state index is 12.1. The standard InChI is InChI=1S/C14H19Cl2N3O3/c1-9(20)18-11(4-2-3-5-17)14(21)22-8-10-6-12(15)19-13(16)7-10/h6-7,11H,2-5,8,17H2,1H3,(H,18,20)/t11-/m0/s1. The van der Waals surface area contributed by atoms with Crippen LogP contribution in [0.5, 0.6) is 0 Å². The lowest BCUT2D eigenvalue weighted by Crippen LogP contribution is -2.40. The molecule has 0 saturated carbocycles. The van der Waals surface area contributed by atoms with Gasteiger partial charge in [0.2, 0.25) is 5.91 Å². The number of rotatable bonds is 8. The lowest BCUT2D eigenvalue weighted by Gasteiger charge is -2.16. The van der Waals surface area contributed by atoms with Gasteiger partial charge in [-0.05, 0) is 43.5 Å². The van der Waals surface area contributed by atoms with Crippen molar-refractivity contribution in [2.24, 2.45) is 5.73 Å². The third-order valence-electron chi connectivity index (χ3n) is 2.81. The molecule has 0 unspecified atom stereocenters. The minimum Gasteiger partial charge on any atom is -0.459 e. The number of halogens is 2. The maximum atomic E-state index is 12.1. The van der Waals surface area contributed by atoms with E-state index in [1.54, 1.807) is 12.1 Å². The maximum Gasteiger partial charge on any atom is 0.328 e. The van der Waals surface area contributed by atoms with E-state index in [1.807, 2.05) is 0 Å². The van der Waals surface area contributed by atoms with Gasteiger partial charge in [-0.25, -0.2) is 9.78 Å². The number of hydrogen-bond donors (Lipinski definition) is 2. The molecule has 8 heteroatoms. The summed E-state index contributed by atoms with van der Waals surface area (Å²) in [5.74, 6) is -0.791. The van der Waals surface area contributed by atoms with E-state index in [4.69, 9.17) is 33.7 Å². The number of carbonyl (C=O) groups excluding carboxylic acids is 2. The topological polar surface area (TPSA) is 94.3 Å². The zero-order valence-electron chi connectivity index (χ0n) is 12.3. The Morgan fingerprint density at radius 1 is 1.32 bits per heavy atom. The molecule has 0 aliphatic carbocycles. The number of esters is 1. The number of ether oxygens (including phenoxy) is 1. The van der Waals surface area contributed by atoms with Crippen molar-refractivity contribution in [2.45, 2.75) is 38.8 Å². The van der Waals surface area contributed by atoms with Gasteiger partial charge in [-0.3, -0.25) is 4.79 Å². The van der Waals surface area contributed by atoms with E-state index in [2.05, 4.69) is 10.3 Å². The number of nitrogens with one attached hydrogen (secondary N) is 1. The van der Waals surface area contributed by atoms with E-state index in [0.29, 0.717) is 18.5 Å². The highest BCUT2D eigenvalue weighted by atomic mass is 35.5. The van der Waals surface area contributed by atoms with Gasteiger partial charge in [-0.1, -0.05) is 23.2 Å². The first-order valence-electron chi connectivity index (χ1n) is 6.88. The fourth-order valence-corrected chi connectivity index (χ4v) is 2.35. The largest absolute Gasteiger partial charge is 0.459 e. The number of aromatic nitrogens is 1. The highest BCUT2D eigenvalue weighted by Gasteiger charge is 2.20. The predicted octanol–water partition coefficient (Wildman–Crippen LogP) is 2.07. The fourth-order valence-electron chi connectivity index (χ4n) is 1.84.